The molecule has 1 unspecified atom stereocenters. The summed E-state index contributed by atoms with van der Waals surface area (Å²) in [6, 6.07) is 0.514. The molecule has 0 radical (unpaired) electrons. The molecule has 1 saturated heterocycles. The van der Waals surface area contributed by atoms with E-state index in [2.05, 4.69) is 4.90 Å². The Bertz CT molecular complexity index is 261. The summed E-state index contributed by atoms with van der Waals surface area (Å²) in [6.07, 6.45) is 7.81. The molecule has 98 valence electrons. The summed E-state index contributed by atoms with van der Waals surface area (Å²) in [7, 11) is 1.88. The van der Waals surface area contributed by atoms with Crippen molar-refractivity contribution < 1.29 is 4.79 Å². The van der Waals surface area contributed by atoms with E-state index in [1.807, 2.05) is 11.9 Å². The van der Waals surface area contributed by atoms with Crippen LogP contribution in [-0.2, 0) is 4.79 Å². The maximum Gasteiger partial charge on any atom is 0.241 e. The molecule has 2 rings (SSSR count). The minimum Gasteiger partial charge on any atom is -0.343 e. The Morgan fingerprint density at radius 1 is 1.18 bits per heavy atom. The molecule has 0 aromatic rings. The molecule has 0 aromatic heterocycles. The van der Waals surface area contributed by atoms with Gasteiger partial charge in [0.2, 0.25) is 5.91 Å². The SMILES string of the molecule is CN1CCN(C2CCCCCC2)C(CN)C1=O. The highest BCUT2D eigenvalue weighted by Gasteiger charge is 2.35. The fourth-order valence-electron chi connectivity index (χ4n) is 3.19. The Kier molecular flexibility index (Phi) is 4.40. The average molecular weight is 239 g/mol. The second kappa shape index (κ2) is 5.83. The Morgan fingerprint density at radius 2 is 1.82 bits per heavy atom. The van der Waals surface area contributed by atoms with Crippen LogP contribution < -0.4 is 5.73 Å². The van der Waals surface area contributed by atoms with Gasteiger partial charge in [0.25, 0.3) is 0 Å². The van der Waals surface area contributed by atoms with Gasteiger partial charge in [-0.3, -0.25) is 9.69 Å². The van der Waals surface area contributed by atoms with Gasteiger partial charge in [0, 0.05) is 32.7 Å². The molecule has 1 saturated carbocycles. The smallest absolute Gasteiger partial charge is 0.241 e. The lowest BCUT2D eigenvalue weighted by Crippen LogP contribution is -2.61. The molecule has 2 fully saturated rings. The van der Waals surface area contributed by atoms with Crippen LogP contribution in [0.15, 0.2) is 0 Å². The molecule has 4 nitrogen and oxygen atoms in total. The Balaban J connectivity index is 2.04. The summed E-state index contributed by atoms with van der Waals surface area (Å²) in [5.74, 6) is 0.211. The van der Waals surface area contributed by atoms with Crippen LogP contribution in [0.3, 0.4) is 0 Å². The molecule has 2 N–H and O–H groups in total. The molecule has 1 heterocycles. The van der Waals surface area contributed by atoms with E-state index in [4.69, 9.17) is 5.73 Å². The second-order valence-corrected chi connectivity index (χ2v) is 5.39. The normalized spacial score (nSPS) is 29.4. The van der Waals surface area contributed by atoms with Crippen molar-refractivity contribution in [2.45, 2.75) is 50.6 Å². The fourth-order valence-corrected chi connectivity index (χ4v) is 3.19. The van der Waals surface area contributed by atoms with Gasteiger partial charge in [-0.15, -0.1) is 0 Å². The van der Waals surface area contributed by atoms with E-state index >= 15 is 0 Å². The van der Waals surface area contributed by atoms with Crippen LogP contribution in [0.1, 0.15) is 38.5 Å². The summed E-state index contributed by atoms with van der Waals surface area (Å²) in [5.41, 5.74) is 5.80. The standard InChI is InChI=1S/C13H25N3O/c1-15-8-9-16(12(10-14)13(15)17)11-6-4-2-3-5-7-11/h11-12H,2-10,14H2,1H3. The third-order valence-corrected chi connectivity index (χ3v) is 4.27. The van der Waals surface area contributed by atoms with Crippen LogP contribution >= 0.6 is 0 Å². The van der Waals surface area contributed by atoms with Crippen molar-refractivity contribution in [1.82, 2.24) is 9.80 Å². The zero-order chi connectivity index (χ0) is 12.3. The van der Waals surface area contributed by atoms with Crippen molar-refractivity contribution >= 4 is 5.91 Å². The molecule has 0 spiro atoms. The lowest BCUT2D eigenvalue weighted by atomic mass is 10.0. The number of nitrogens with two attached hydrogens (primary N) is 1. The van der Waals surface area contributed by atoms with Gasteiger partial charge in [-0.1, -0.05) is 25.7 Å². The molecule has 17 heavy (non-hydrogen) atoms. The first-order chi connectivity index (χ1) is 8.24. The topological polar surface area (TPSA) is 49.6 Å². The number of hydrogen-bond acceptors (Lipinski definition) is 3. The lowest BCUT2D eigenvalue weighted by molar-refractivity contribution is -0.141. The number of carbonyl (C=O) groups excluding carboxylic acids is 1. The zero-order valence-electron chi connectivity index (χ0n) is 10.9. The molecular formula is C13H25N3O. The number of rotatable bonds is 2. The first-order valence-electron chi connectivity index (χ1n) is 6.95. The van der Waals surface area contributed by atoms with E-state index in [1.165, 1.54) is 38.5 Å². The van der Waals surface area contributed by atoms with E-state index in [0.717, 1.165) is 13.1 Å². The van der Waals surface area contributed by atoms with Crippen LogP contribution in [0.2, 0.25) is 0 Å². The number of piperazine rings is 1. The Hall–Kier alpha value is -0.610. The molecule has 0 bridgehead atoms. The van der Waals surface area contributed by atoms with Crippen molar-refractivity contribution in [2.24, 2.45) is 5.73 Å². The van der Waals surface area contributed by atoms with Crippen molar-refractivity contribution in [2.75, 3.05) is 26.7 Å². The largest absolute Gasteiger partial charge is 0.343 e. The van der Waals surface area contributed by atoms with E-state index in [-0.39, 0.29) is 11.9 Å². The summed E-state index contributed by atoms with van der Waals surface area (Å²) >= 11 is 0. The predicted molar refractivity (Wildman–Crippen MR) is 68.7 cm³/mol. The number of likely N-dealkylation sites (N-methyl/N-ethyl adjacent to an activating group) is 1. The van der Waals surface area contributed by atoms with Crippen molar-refractivity contribution in [3.8, 4) is 0 Å². The van der Waals surface area contributed by atoms with Gasteiger partial charge in [-0.05, 0) is 12.8 Å². The predicted octanol–water partition coefficient (Wildman–Crippen LogP) is 0.811. The highest BCUT2D eigenvalue weighted by Crippen LogP contribution is 2.25. The van der Waals surface area contributed by atoms with Crippen LogP contribution in [0.5, 0.6) is 0 Å². The molecule has 1 amide bonds. The highest BCUT2D eigenvalue weighted by molar-refractivity contribution is 5.82. The number of amides is 1. The molecule has 2 aliphatic rings. The van der Waals surface area contributed by atoms with Gasteiger partial charge in [0.05, 0.1) is 0 Å². The van der Waals surface area contributed by atoms with Gasteiger partial charge < -0.3 is 10.6 Å². The van der Waals surface area contributed by atoms with Crippen LogP contribution in [0, 0.1) is 0 Å². The van der Waals surface area contributed by atoms with Crippen molar-refractivity contribution in [1.29, 1.82) is 0 Å². The summed E-state index contributed by atoms with van der Waals surface area (Å²) in [5, 5.41) is 0. The minimum absolute atomic E-state index is 0.0724. The number of hydrogen-bond donors (Lipinski definition) is 1. The summed E-state index contributed by atoms with van der Waals surface area (Å²) in [6.45, 7) is 2.31. The van der Waals surface area contributed by atoms with E-state index in [9.17, 15) is 4.79 Å². The third kappa shape index (κ3) is 2.80. The van der Waals surface area contributed by atoms with Gasteiger partial charge in [0.1, 0.15) is 6.04 Å². The molecular weight excluding hydrogens is 214 g/mol. The lowest BCUT2D eigenvalue weighted by Gasteiger charge is -2.43. The average Bonchev–Trinajstić information content (AvgIpc) is 2.61. The number of nitrogens with zero attached hydrogens (tertiary/aromatic N) is 2. The number of carbonyl (C=O) groups is 1. The Morgan fingerprint density at radius 3 is 2.41 bits per heavy atom. The molecule has 4 heteroatoms. The van der Waals surface area contributed by atoms with Crippen LogP contribution in [0.4, 0.5) is 0 Å². The quantitative estimate of drug-likeness (QED) is 0.726. The summed E-state index contributed by atoms with van der Waals surface area (Å²) in [4.78, 5) is 16.3. The molecule has 1 atom stereocenters. The molecule has 1 aliphatic carbocycles. The third-order valence-electron chi connectivity index (χ3n) is 4.27. The highest BCUT2D eigenvalue weighted by atomic mass is 16.2. The van der Waals surface area contributed by atoms with Crippen LogP contribution in [0.25, 0.3) is 0 Å². The van der Waals surface area contributed by atoms with E-state index in [1.54, 1.807) is 0 Å². The van der Waals surface area contributed by atoms with Gasteiger partial charge in [0.15, 0.2) is 0 Å². The molecule has 0 aromatic carbocycles. The van der Waals surface area contributed by atoms with Gasteiger partial charge >= 0.3 is 0 Å². The van der Waals surface area contributed by atoms with Gasteiger partial charge in [-0.2, -0.15) is 0 Å². The van der Waals surface area contributed by atoms with E-state index < -0.39 is 0 Å². The first kappa shape index (κ1) is 12.8. The maximum absolute atomic E-state index is 12.1. The van der Waals surface area contributed by atoms with Crippen molar-refractivity contribution in [3.05, 3.63) is 0 Å². The maximum atomic E-state index is 12.1. The fraction of sp³-hybridized carbons (Fsp3) is 0.923. The minimum atomic E-state index is -0.0724. The summed E-state index contributed by atoms with van der Waals surface area (Å²) < 4.78 is 0. The van der Waals surface area contributed by atoms with Crippen LogP contribution in [-0.4, -0.2) is 54.5 Å². The van der Waals surface area contributed by atoms with Crippen molar-refractivity contribution in [3.63, 3.8) is 0 Å². The first-order valence-corrected chi connectivity index (χ1v) is 6.95. The monoisotopic (exact) mass is 239 g/mol. The van der Waals surface area contributed by atoms with Gasteiger partial charge in [-0.25, -0.2) is 0 Å². The van der Waals surface area contributed by atoms with E-state index in [0.29, 0.717) is 12.6 Å². The zero-order valence-corrected chi connectivity index (χ0v) is 10.9. The molecule has 1 aliphatic heterocycles. The Labute approximate surface area is 104 Å². The second-order valence-electron chi connectivity index (χ2n) is 5.39.